The molecule has 0 aromatic heterocycles. The number of nitrogens with one attached hydrogen (secondary N) is 1. The maximum absolute atomic E-state index is 13.2. The van der Waals surface area contributed by atoms with Crippen LogP contribution in [-0.2, 0) is 16.1 Å². The zero-order chi connectivity index (χ0) is 20.5. The van der Waals surface area contributed by atoms with Gasteiger partial charge in [0.1, 0.15) is 12.6 Å². The standard InChI is InChI=1S/C20H27N3O5/c1-20(2,3)16(21-18(25)28-12-13-7-5-4-6-8-13)17(24)22-10-15-9-14(22)11-23(15)19(26)27/h4-8,14-16H,9-12H2,1-3H3,(H,21,25)(H,26,27)/t14-,15-,16+/m0/s1. The highest BCUT2D eigenvalue weighted by molar-refractivity contribution is 5.87. The first-order chi connectivity index (χ1) is 13.2. The summed E-state index contributed by atoms with van der Waals surface area (Å²) in [4.78, 5) is 39.8. The van der Waals surface area contributed by atoms with Crippen LogP contribution in [0, 0.1) is 5.41 Å². The van der Waals surface area contributed by atoms with Crippen molar-refractivity contribution in [2.24, 2.45) is 5.41 Å². The van der Waals surface area contributed by atoms with Crippen molar-refractivity contribution >= 4 is 18.1 Å². The summed E-state index contributed by atoms with van der Waals surface area (Å²) in [5.74, 6) is -0.193. The van der Waals surface area contributed by atoms with Crippen molar-refractivity contribution < 1.29 is 24.2 Å². The van der Waals surface area contributed by atoms with Crippen LogP contribution in [0.25, 0.3) is 0 Å². The SMILES string of the molecule is CC(C)(C)[C@H](NC(=O)OCc1ccccc1)C(=O)N1C[C@@H]2C[C@H]1CN2C(=O)O. The molecule has 1 aromatic rings. The first-order valence-corrected chi connectivity index (χ1v) is 9.44. The van der Waals surface area contributed by atoms with Crippen LogP contribution in [0.3, 0.4) is 0 Å². The fourth-order valence-electron chi connectivity index (χ4n) is 3.87. The Morgan fingerprint density at radius 2 is 1.75 bits per heavy atom. The van der Waals surface area contributed by atoms with Crippen LogP contribution in [0.15, 0.2) is 30.3 Å². The molecule has 152 valence electrons. The third-order valence-electron chi connectivity index (χ3n) is 5.36. The Hall–Kier alpha value is -2.77. The molecule has 1 aromatic carbocycles. The van der Waals surface area contributed by atoms with Crippen LogP contribution >= 0.6 is 0 Å². The van der Waals surface area contributed by atoms with Crippen molar-refractivity contribution in [3.05, 3.63) is 35.9 Å². The quantitative estimate of drug-likeness (QED) is 0.823. The van der Waals surface area contributed by atoms with Gasteiger partial charge in [0, 0.05) is 13.1 Å². The summed E-state index contributed by atoms with van der Waals surface area (Å²) in [6.07, 6.45) is -0.948. The molecule has 8 heteroatoms. The Morgan fingerprint density at radius 3 is 2.29 bits per heavy atom. The number of piperazine rings is 1. The number of carbonyl (C=O) groups excluding carboxylic acids is 2. The number of benzene rings is 1. The Labute approximate surface area is 164 Å². The molecule has 0 spiro atoms. The van der Waals surface area contributed by atoms with Crippen LogP contribution in [0.2, 0.25) is 0 Å². The molecule has 0 aliphatic carbocycles. The molecule has 2 aliphatic heterocycles. The van der Waals surface area contributed by atoms with Gasteiger partial charge in [-0.05, 0) is 17.4 Å². The fraction of sp³-hybridized carbons (Fsp3) is 0.550. The number of rotatable bonds is 4. The minimum Gasteiger partial charge on any atom is -0.465 e. The van der Waals surface area contributed by atoms with Crippen molar-refractivity contribution in [1.29, 1.82) is 0 Å². The molecule has 0 unspecified atom stereocenters. The molecule has 28 heavy (non-hydrogen) atoms. The highest BCUT2D eigenvalue weighted by Gasteiger charge is 2.49. The van der Waals surface area contributed by atoms with E-state index in [4.69, 9.17) is 4.74 Å². The molecule has 0 saturated carbocycles. The lowest BCUT2D eigenvalue weighted by atomic mass is 9.85. The topological polar surface area (TPSA) is 99.2 Å². The van der Waals surface area contributed by atoms with Crippen LogP contribution in [0.4, 0.5) is 9.59 Å². The lowest BCUT2D eigenvalue weighted by molar-refractivity contribution is -0.138. The molecule has 2 heterocycles. The summed E-state index contributed by atoms with van der Waals surface area (Å²) < 4.78 is 5.27. The number of amides is 3. The van der Waals surface area contributed by atoms with Gasteiger partial charge < -0.3 is 25.0 Å². The molecular weight excluding hydrogens is 362 g/mol. The first-order valence-electron chi connectivity index (χ1n) is 9.44. The Morgan fingerprint density at radius 1 is 1.14 bits per heavy atom. The van der Waals surface area contributed by atoms with E-state index >= 15 is 0 Å². The van der Waals surface area contributed by atoms with E-state index in [1.165, 1.54) is 4.90 Å². The Kier molecular flexibility index (Phi) is 5.49. The van der Waals surface area contributed by atoms with Crippen LogP contribution in [0.5, 0.6) is 0 Å². The predicted octanol–water partition coefficient (Wildman–Crippen LogP) is 2.29. The molecule has 2 fully saturated rings. The molecule has 2 bridgehead atoms. The second-order valence-corrected chi connectivity index (χ2v) is 8.47. The smallest absolute Gasteiger partial charge is 0.408 e. The summed E-state index contributed by atoms with van der Waals surface area (Å²) >= 11 is 0. The van der Waals surface area contributed by atoms with E-state index in [0.717, 1.165) is 5.56 Å². The minimum atomic E-state index is -0.949. The maximum atomic E-state index is 13.2. The first kappa shape index (κ1) is 20.0. The zero-order valence-electron chi connectivity index (χ0n) is 16.4. The summed E-state index contributed by atoms with van der Waals surface area (Å²) in [6, 6.07) is 8.25. The number of ether oxygens (including phenoxy) is 1. The Bertz CT molecular complexity index is 746. The van der Waals surface area contributed by atoms with E-state index in [-0.39, 0.29) is 24.6 Å². The highest BCUT2D eigenvalue weighted by Crippen LogP contribution is 2.33. The van der Waals surface area contributed by atoms with Crippen molar-refractivity contribution in [2.75, 3.05) is 13.1 Å². The summed E-state index contributed by atoms with van der Waals surface area (Å²) in [7, 11) is 0. The van der Waals surface area contributed by atoms with Crippen molar-refractivity contribution in [2.45, 2.75) is 51.9 Å². The number of likely N-dealkylation sites (tertiary alicyclic amines) is 2. The Balaban J connectivity index is 1.62. The van der Waals surface area contributed by atoms with Gasteiger partial charge in [0.05, 0.1) is 12.1 Å². The molecule has 3 amide bonds. The van der Waals surface area contributed by atoms with Gasteiger partial charge in [0.25, 0.3) is 0 Å². The van der Waals surface area contributed by atoms with E-state index in [2.05, 4.69) is 5.32 Å². The third kappa shape index (κ3) is 4.21. The second kappa shape index (κ2) is 7.69. The largest absolute Gasteiger partial charge is 0.465 e. The number of alkyl carbamates (subject to hydrolysis) is 1. The van der Waals surface area contributed by atoms with E-state index in [1.807, 2.05) is 51.1 Å². The van der Waals surface area contributed by atoms with Crippen LogP contribution in [-0.4, -0.2) is 64.2 Å². The van der Waals surface area contributed by atoms with Gasteiger partial charge in [-0.2, -0.15) is 0 Å². The number of carbonyl (C=O) groups is 3. The average molecular weight is 389 g/mol. The molecule has 2 N–H and O–H groups in total. The lowest BCUT2D eigenvalue weighted by Crippen LogP contribution is -2.59. The maximum Gasteiger partial charge on any atom is 0.408 e. The van der Waals surface area contributed by atoms with E-state index in [1.54, 1.807) is 4.90 Å². The lowest BCUT2D eigenvalue weighted by Gasteiger charge is -2.38. The fourth-order valence-corrected chi connectivity index (χ4v) is 3.87. The molecule has 3 rings (SSSR count). The van der Waals surface area contributed by atoms with Gasteiger partial charge in [0.15, 0.2) is 0 Å². The highest BCUT2D eigenvalue weighted by atomic mass is 16.5. The zero-order valence-corrected chi connectivity index (χ0v) is 16.4. The summed E-state index contributed by atoms with van der Waals surface area (Å²) in [6.45, 7) is 6.45. The van der Waals surface area contributed by atoms with Gasteiger partial charge >= 0.3 is 12.2 Å². The summed E-state index contributed by atoms with van der Waals surface area (Å²) in [5.41, 5.74) is 0.346. The number of hydrogen-bond acceptors (Lipinski definition) is 4. The van der Waals surface area contributed by atoms with Gasteiger partial charge in [0.2, 0.25) is 5.91 Å². The van der Waals surface area contributed by atoms with Gasteiger partial charge in [-0.15, -0.1) is 0 Å². The normalized spacial score (nSPS) is 22.1. The van der Waals surface area contributed by atoms with Gasteiger partial charge in [-0.1, -0.05) is 51.1 Å². The van der Waals surface area contributed by atoms with Crippen molar-refractivity contribution in [3.8, 4) is 0 Å². The number of hydrogen-bond donors (Lipinski definition) is 2. The molecule has 0 radical (unpaired) electrons. The molecule has 3 atom stereocenters. The third-order valence-corrected chi connectivity index (χ3v) is 5.36. The molecule has 2 aliphatic rings. The average Bonchev–Trinajstić information content (AvgIpc) is 3.25. The number of carboxylic acid groups (broad SMARTS) is 1. The van der Waals surface area contributed by atoms with E-state index in [9.17, 15) is 19.5 Å². The predicted molar refractivity (Wildman–Crippen MR) is 102 cm³/mol. The van der Waals surface area contributed by atoms with Crippen molar-refractivity contribution in [3.63, 3.8) is 0 Å². The summed E-state index contributed by atoms with van der Waals surface area (Å²) in [5, 5.41) is 11.9. The van der Waals surface area contributed by atoms with Crippen LogP contribution < -0.4 is 5.32 Å². The van der Waals surface area contributed by atoms with Crippen LogP contribution in [0.1, 0.15) is 32.8 Å². The van der Waals surface area contributed by atoms with Crippen molar-refractivity contribution in [1.82, 2.24) is 15.1 Å². The van der Waals surface area contributed by atoms with Gasteiger partial charge in [-0.25, -0.2) is 9.59 Å². The molecular formula is C20H27N3O5. The number of fused-ring (bicyclic) bond motifs is 2. The van der Waals surface area contributed by atoms with E-state index < -0.39 is 23.6 Å². The molecule has 2 saturated heterocycles. The van der Waals surface area contributed by atoms with E-state index in [0.29, 0.717) is 19.5 Å². The minimum absolute atomic E-state index is 0.125. The monoisotopic (exact) mass is 389 g/mol. The number of nitrogens with zero attached hydrogens (tertiary/aromatic N) is 2. The van der Waals surface area contributed by atoms with Gasteiger partial charge in [-0.3, -0.25) is 4.79 Å². The second-order valence-electron chi connectivity index (χ2n) is 8.47. The molecule has 8 nitrogen and oxygen atoms in total.